The molecule has 3 heterocycles. The molecule has 1 unspecified atom stereocenters. The van der Waals surface area contributed by atoms with Crippen molar-refractivity contribution >= 4 is 54.1 Å². The Kier molecular flexibility index (Phi) is 4.96. The quantitative estimate of drug-likeness (QED) is 0.245. The van der Waals surface area contributed by atoms with Crippen molar-refractivity contribution in [1.82, 2.24) is 9.55 Å². The normalized spacial score (nSPS) is 18.6. The van der Waals surface area contributed by atoms with E-state index in [2.05, 4.69) is 54.6 Å². The second kappa shape index (κ2) is 7.71. The topological polar surface area (TPSA) is 27.1 Å². The third-order valence-electron chi connectivity index (χ3n) is 6.29. The molecular formula is C24H19Br2FN2OS. The molecule has 3 nitrogen and oxygen atoms in total. The highest BCUT2D eigenvalue weighted by molar-refractivity contribution is 9.10. The van der Waals surface area contributed by atoms with Gasteiger partial charge in [-0.1, -0.05) is 51.1 Å². The second-order valence-electron chi connectivity index (χ2n) is 8.27. The van der Waals surface area contributed by atoms with E-state index in [4.69, 9.17) is 9.72 Å². The Morgan fingerprint density at radius 1 is 1.03 bits per heavy atom. The fourth-order valence-electron chi connectivity index (χ4n) is 4.86. The third kappa shape index (κ3) is 3.36. The fraction of sp³-hybridized carbons (Fsp3) is 0.292. The van der Waals surface area contributed by atoms with Crippen molar-refractivity contribution in [3.05, 3.63) is 67.2 Å². The summed E-state index contributed by atoms with van der Waals surface area (Å²) in [6.07, 6.45) is 7.89. The molecule has 0 amide bonds. The van der Waals surface area contributed by atoms with Crippen LogP contribution in [0.5, 0.6) is 5.75 Å². The van der Waals surface area contributed by atoms with Crippen molar-refractivity contribution in [2.24, 2.45) is 0 Å². The molecular weight excluding hydrogens is 543 g/mol. The first-order valence-electron chi connectivity index (χ1n) is 10.5. The van der Waals surface area contributed by atoms with Crippen LogP contribution in [0.15, 0.2) is 51.5 Å². The predicted octanol–water partition coefficient (Wildman–Crippen LogP) is 8.42. The van der Waals surface area contributed by atoms with Crippen LogP contribution >= 0.6 is 43.2 Å². The van der Waals surface area contributed by atoms with E-state index in [-0.39, 0.29) is 12.0 Å². The SMILES string of the molecule is Fc1cc(Br)cc2c1-c1cc3cc(Br)ccc3n1C(c1cnc(C3CCCCC3)s1)O2. The highest BCUT2D eigenvalue weighted by Gasteiger charge is 2.33. The first-order chi connectivity index (χ1) is 15.1. The van der Waals surface area contributed by atoms with E-state index in [1.165, 1.54) is 43.2 Å². The minimum Gasteiger partial charge on any atom is -0.464 e. The lowest BCUT2D eigenvalue weighted by atomic mass is 9.90. The molecule has 1 saturated carbocycles. The van der Waals surface area contributed by atoms with E-state index in [1.54, 1.807) is 11.3 Å². The van der Waals surface area contributed by atoms with Crippen molar-refractivity contribution in [2.75, 3.05) is 0 Å². The number of hydrogen-bond donors (Lipinski definition) is 0. The lowest BCUT2D eigenvalue weighted by Crippen LogP contribution is -2.22. The second-order valence-corrected chi connectivity index (χ2v) is 11.2. The van der Waals surface area contributed by atoms with Crippen molar-refractivity contribution < 1.29 is 9.13 Å². The van der Waals surface area contributed by atoms with Crippen LogP contribution in [0.3, 0.4) is 0 Å². The Labute approximate surface area is 200 Å². The van der Waals surface area contributed by atoms with Crippen molar-refractivity contribution in [3.8, 4) is 17.0 Å². The number of aromatic nitrogens is 2. The summed E-state index contributed by atoms with van der Waals surface area (Å²) in [5, 5.41) is 2.25. The van der Waals surface area contributed by atoms with Crippen LogP contribution in [0.1, 0.15) is 54.1 Å². The maximum absolute atomic E-state index is 15.1. The van der Waals surface area contributed by atoms with Crippen molar-refractivity contribution in [2.45, 2.75) is 44.2 Å². The minimum atomic E-state index is -0.371. The van der Waals surface area contributed by atoms with Gasteiger partial charge < -0.3 is 4.74 Å². The number of hydrogen-bond acceptors (Lipinski definition) is 3. The number of benzene rings is 2. The van der Waals surface area contributed by atoms with Crippen LogP contribution in [0.4, 0.5) is 4.39 Å². The van der Waals surface area contributed by atoms with Crippen LogP contribution in [0, 0.1) is 5.82 Å². The van der Waals surface area contributed by atoms with Gasteiger partial charge in [0.1, 0.15) is 11.6 Å². The summed E-state index contributed by atoms with van der Waals surface area (Å²) in [5.41, 5.74) is 2.35. The number of halogens is 3. The van der Waals surface area contributed by atoms with Gasteiger partial charge in [-0.15, -0.1) is 11.3 Å². The molecule has 7 heteroatoms. The zero-order valence-corrected chi connectivity index (χ0v) is 20.6. The lowest BCUT2D eigenvalue weighted by molar-refractivity contribution is 0.175. The summed E-state index contributed by atoms with van der Waals surface area (Å²) in [5.74, 6) is 0.809. The van der Waals surface area contributed by atoms with Gasteiger partial charge in [0.2, 0.25) is 6.23 Å². The molecule has 0 spiro atoms. The van der Waals surface area contributed by atoms with Gasteiger partial charge in [0.25, 0.3) is 0 Å². The van der Waals surface area contributed by atoms with E-state index in [1.807, 2.05) is 18.3 Å². The first kappa shape index (κ1) is 19.9. The van der Waals surface area contributed by atoms with Crippen LogP contribution in [0.25, 0.3) is 22.2 Å². The third-order valence-corrected chi connectivity index (χ3v) is 8.43. The molecule has 0 N–H and O–H groups in total. The molecule has 158 valence electrons. The van der Waals surface area contributed by atoms with E-state index >= 15 is 4.39 Å². The Hall–Kier alpha value is -1.70. The summed E-state index contributed by atoms with van der Waals surface area (Å²) in [6.45, 7) is 0. The van der Waals surface area contributed by atoms with Gasteiger partial charge in [-0.2, -0.15) is 0 Å². The van der Waals surface area contributed by atoms with Crippen molar-refractivity contribution in [1.29, 1.82) is 0 Å². The van der Waals surface area contributed by atoms with Gasteiger partial charge in [0.15, 0.2) is 0 Å². The van der Waals surface area contributed by atoms with Crippen LogP contribution in [-0.4, -0.2) is 9.55 Å². The molecule has 1 atom stereocenters. The molecule has 1 aliphatic heterocycles. The molecule has 2 aromatic carbocycles. The molecule has 1 aliphatic carbocycles. The molecule has 4 aromatic rings. The van der Waals surface area contributed by atoms with Crippen LogP contribution in [0.2, 0.25) is 0 Å². The smallest absolute Gasteiger partial charge is 0.213 e. The van der Waals surface area contributed by atoms with Gasteiger partial charge in [-0.25, -0.2) is 9.37 Å². The highest BCUT2D eigenvalue weighted by Crippen LogP contribution is 2.48. The van der Waals surface area contributed by atoms with Gasteiger partial charge in [-0.05, 0) is 49.2 Å². The number of nitrogens with zero attached hydrogens (tertiary/aromatic N) is 2. The van der Waals surface area contributed by atoms with E-state index < -0.39 is 0 Å². The molecule has 31 heavy (non-hydrogen) atoms. The number of rotatable bonds is 2. The number of thiazole rings is 1. The maximum atomic E-state index is 15.1. The van der Waals surface area contributed by atoms with Gasteiger partial charge in [-0.3, -0.25) is 4.57 Å². The molecule has 6 rings (SSSR count). The average molecular weight is 562 g/mol. The molecule has 2 aromatic heterocycles. The zero-order valence-electron chi connectivity index (χ0n) is 16.6. The van der Waals surface area contributed by atoms with Gasteiger partial charge in [0, 0.05) is 26.4 Å². The van der Waals surface area contributed by atoms with Crippen LogP contribution in [-0.2, 0) is 0 Å². The van der Waals surface area contributed by atoms with Gasteiger partial charge >= 0.3 is 0 Å². The average Bonchev–Trinajstić information content (AvgIpc) is 3.38. The number of ether oxygens (including phenoxy) is 1. The van der Waals surface area contributed by atoms with Crippen molar-refractivity contribution in [3.63, 3.8) is 0 Å². The molecule has 0 radical (unpaired) electrons. The number of fused-ring (bicyclic) bond motifs is 5. The van der Waals surface area contributed by atoms with Gasteiger partial charge in [0.05, 0.1) is 26.7 Å². The Bertz CT molecular complexity index is 1310. The molecule has 0 saturated heterocycles. The fourth-order valence-corrected chi connectivity index (χ4v) is 6.75. The lowest BCUT2D eigenvalue weighted by Gasteiger charge is -2.29. The van der Waals surface area contributed by atoms with E-state index in [0.717, 1.165) is 25.9 Å². The standard InChI is InChI=1S/C24H19Br2FN2OS/c25-15-6-7-18-14(8-15)9-19-22-17(27)10-16(26)11-20(22)30-24(29(18)19)21-12-28-23(31-21)13-4-2-1-3-5-13/h6-13,24H,1-5H2. The Morgan fingerprint density at radius 2 is 1.87 bits per heavy atom. The van der Waals surface area contributed by atoms with E-state index in [9.17, 15) is 0 Å². The Balaban J connectivity index is 1.53. The summed E-state index contributed by atoms with van der Waals surface area (Å²) in [7, 11) is 0. The summed E-state index contributed by atoms with van der Waals surface area (Å²) >= 11 is 8.71. The summed E-state index contributed by atoms with van der Waals surface area (Å²) in [6, 6.07) is 11.5. The van der Waals surface area contributed by atoms with E-state index in [0.29, 0.717) is 21.7 Å². The van der Waals surface area contributed by atoms with Crippen LogP contribution < -0.4 is 4.74 Å². The largest absolute Gasteiger partial charge is 0.464 e. The summed E-state index contributed by atoms with van der Waals surface area (Å²) in [4.78, 5) is 5.84. The predicted molar refractivity (Wildman–Crippen MR) is 129 cm³/mol. The highest BCUT2D eigenvalue weighted by atomic mass is 79.9. The zero-order chi connectivity index (χ0) is 21.1. The molecule has 2 aliphatic rings. The monoisotopic (exact) mass is 560 g/mol. The molecule has 0 bridgehead atoms. The molecule has 1 fully saturated rings. The minimum absolute atomic E-state index is 0.293. The Morgan fingerprint density at radius 3 is 2.71 bits per heavy atom. The summed E-state index contributed by atoms with van der Waals surface area (Å²) < 4.78 is 25.3. The first-order valence-corrected chi connectivity index (χ1v) is 12.9. The maximum Gasteiger partial charge on any atom is 0.213 e.